The van der Waals surface area contributed by atoms with E-state index in [1.54, 1.807) is 0 Å². The van der Waals surface area contributed by atoms with Crippen molar-refractivity contribution < 1.29 is 14.3 Å². The van der Waals surface area contributed by atoms with Crippen LogP contribution in [0.4, 0.5) is 4.39 Å². The van der Waals surface area contributed by atoms with Crippen molar-refractivity contribution >= 4 is 5.97 Å². The Morgan fingerprint density at radius 2 is 2.50 bits per heavy atom. The number of carbonyl (C=O) groups is 1. The zero-order chi connectivity index (χ0) is 9.14. The largest absolute Gasteiger partial charge is 0.481 e. The highest BCUT2D eigenvalue weighted by molar-refractivity contribution is 5.67. The van der Waals surface area contributed by atoms with E-state index < -0.39 is 17.8 Å². The zero-order valence-electron chi connectivity index (χ0n) is 6.25. The molecule has 1 heterocycles. The summed E-state index contributed by atoms with van der Waals surface area (Å²) in [6, 6.07) is 0.514. The summed E-state index contributed by atoms with van der Waals surface area (Å²) < 4.78 is 12.4. The molecule has 0 aliphatic carbocycles. The lowest BCUT2D eigenvalue weighted by Gasteiger charge is -2.04. The fourth-order valence-electron chi connectivity index (χ4n) is 0.896. The molecule has 0 saturated heterocycles. The number of rotatable bonds is 3. The highest BCUT2D eigenvalue weighted by Gasteiger charge is 2.12. The molecule has 1 rings (SSSR count). The molecule has 0 spiro atoms. The molecule has 0 fully saturated rings. The van der Waals surface area contributed by atoms with Crippen LogP contribution in [0.25, 0.3) is 0 Å². The van der Waals surface area contributed by atoms with E-state index in [2.05, 4.69) is 4.98 Å². The first-order valence-electron chi connectivity index (χ1n) is 3.41. The molecule has 5 heteroatoms. The smallest absolute Gasteiger partial charge is 0.305 e. The molecule has 1 atom stereocenters. The minimum Gasteiger partial charge on any atom is -0.481 e. The van der Waals surface area contributed by atoms with Gasteiger partial charge in [0.2, 0.25) is 0 Å². The van der Waals surface area contributed by atoms with E-state index in [1.165, 1.54) is 6.07 Å². The van der Waals surface area contributed by atoms with E-state index in [0.29, 0.717) is 5.69 Å². The number of H-pyrrole nitrogens is 1. The van der Waals surface area contributed by atoms with E-state index in [-0.39, 0.29) is 6.42 Å². The van der Waals surface area contributed by atoms with Gasteiger partial charge in [-0.15, -0.1) is 0 Å². The van der Waals surface area contributed by atoms with Crippen LogP contribution in [0, 0.1) is 5.82 Å². The van der Waals surface area contributed by atoms with E-state index in [4.69, 9.17) is 10.8 Å². The average Bonchev–Trinajstić information content (AvgIpc) is 2.34. The Bertz CT molecular complexity index is 285. The fraction of sp³-hybridized carbons (Fsp3) is 0.286. The summed E-state index contributed by atoms with van der Waals surface area (Å²) in [7, 11) is 0. The van der Waals surface area contributed by atoms with Crippen molar-refractivity contribution in [2.75, 3.05) is 0 Å². The maximum atomic E-state index is 12.4. The van der Waals surface area contributed by atoms with Crippen molar-refractivity contribution in [2.45, 2.75) is 12.5 Å². The van der Waals surface area contributed by atoms with Crippen molar-refractivity contribution in [2.24, 2.45) is 5.73 Å². The first-order chi connectivity index (χ1) is 5.59. The predicted octanol–water partition coefficient (Wildman–Crippen LogP) is 0.628. The number of aromatic amines is 1. The molecule has 0 unspecified atom stereocenters. The Hall–Kier alpha value is -1.36. The third-order valence-electron chi connectivity index (χ3n) is 1.46. The van der Waals surface area contributed by atoms with E-state index in [1.807, 2.05) is 0 Å². The van der Waals surface area contributed by atoms with Gasteiger partial charge in [-0.05, 0) is 6.07 Å². The monoisotopic (exact) mass is 172 g/mol. The predicted molar refractivity (Wildman–Crippen MR) is 39.9 cm³/mol. The van der Waals surface area contributed by atoms with Crippen LogP contribution < -0.4 is 5.73 Å². The summed E-state index contributed by atoms with van der Waals surface area (Å²) in [5.41, 5.74) is 5.83. The number of hydrogen-bond donors (Lipinski definition) is 3. The van der Waals surface area contributed by atoms with Crippen LogP contribution in [0.3, 0.4) is 0 Å². The molecular formula is C7H9FN2O2. The molecule has 1 aromatic rings. The van der Waals surface area contributed by atoms with Gasteiger partial charge in [-0.1, -0.05) is 0 Å². The number of carboxylic acid groups (broad SMARTS) is 1. The zero-order valence-corrected chi connectivity index (χ0v) is 6.25. The van der Waals surface area contributed by atoms with Crippen molar-refractivity contribution in [1.82, 2.24) is 4.98 Å². The van der Waals surface area contributed by atoms with Gasteiger partial charge in [0.1, 0.15) is 5.82 Å². The summed E-state index contributed by atoms with van der Waals surface area (Å²) in [5, 5.41) is 8.36. The molecule has 0 aromatic carbocycles. The minimum absolute atomic E-state index is 0.208. The molecule has 0 aliphatic heterocycles. The molecule has 0 amide bonds. The number of aromatic nitrogens is 1. The van der Waals surface area contributed by atoms with Crippen LogP contribution in [0.5, 0.6) is 0 Å². The summed E-state index contributed by atoms with van der Waals surface area (Å²) in [4.78, 5) is 12.7. The number of hydrogen-bond acceptors (Lipinski definition) is 2. The quantitative estimate of drug-likeness (QED) is 0.625. The normalized spacial score (nSPS) is 12.8. The Balaban J connectivity index is 2.64. The molecule has 0 bridgehead atoms. The highest BCUT2D eigenvalue weighted by Crippen LogP contribution is 2.12. The first-order valence-corrected chi connectivity index (χ1v) is 3.41. The van der Waals surface area contributed by atoms with Gasteiger partial charge >= 0.3 is 5.97 Å². The molecule has 0 aliphatic rings. The van der Waals surface area contributed by atoms with E-state index >= 15 is 0 Å². The van der Waals surface area contributed by atoms with Crippen LogP contribution >= 0.6 is 0 Å². The van der Waals surface area contributed by atoms with Crippen molar-refractivity contribution in [1.29, 1.82) is 0 Å². The fourth-order valence-corrected chi connectivity index (χ4v) is 0.896. The van der Waals surface area contributed by atoms with Crippen LogP contribution in [0.2, 0.25) is 0 Å². The van der Waals surface area contributed by atoms with Crippen LogP contribution in [-0.2, 0) is 4.79 Å². The van der Waals surface area contributed by atoms with E-state index in [0.717, 1.165) is 6.20 Å². The van der Waals surface area contributed by atoms with Crippen molar-refractivity contribution in [3.8, 4) is 0 Å². The van der Waals surface area contributed by atoms with Gasteiger partial charge in [0, 0.05) is 11.9 Å². The molecule has 0 saturated carbocycles. The van der Waals surface area contributed by atoms with Crippen LogP contribution in [0.1, 0.15) is 18.2 Å². The number of nitrogens with two attached hydrogens (primary N) is 1. The average molecular weight is 172 g/mol. The number of nitrogens with one attached hydrogen (secondary N) is 1. The lowest BCUT2D eigenvalue weighted by Crippen LogP contribution is -2.15. The highest BCUT2D eigenvalue weighted by atomic mass is 19.1. The molecule has 4 nitrogen and oxygen atoms in total. The van der Waals surface area contributed by atoms with Gasteiger partial charge in [0.15, 0.2) is 0 Å². The second kappa shape index (κ2) is 3.36. The summed E-state index contributed by atoms with van der Waals surface area (Å²) in [6.45, 7) is 0. The lowest BCUT2D eigenvalue weighted by atomic mass is 10.1. The van der Waals surface area contributed by atoms with Crippen molar-refractivity contribution in [3.63, 3.8) is 0 Å². The molecule has 66 valence electrons. The second-order valence-corrected chi connectivity index (χ2v) is 2.48. The number of halogens is 1. The van der Waals surface area contributed by atoms with E-state index in [9.17, 15) is 9.18 Å². The van der Waals surface area contributed by atoms with Gasteiger partial charge in [-0.25, -0.2) is 4.39 Å². The third-order valence-corrected chi connectivity index (χ3v) is 1.46. The van der Waals surface area contributed by atoms with Gasteiger partial charge < -0.3 is 15.8 Å². The van der Waals surface area contributed by atoms with Crippen LogP contribution in [0.15, 0.2) is 12.3 Å². The maximum Gasteiger partial charge on any atom is 0.305 e. The van der Waals surface area contributed by atoms with Gasteiger partial charge in [-0.2, -0.15) is 0 Å². The minimum atomic E-state index is -1.00. The Morgan fingerprint density at radius 3 is 2.92 bits per heavy atom. The maximum absolute atomic E-state index is 12.4. The number of aliphatic carboxylic acids is 1. The van der Waals surface area contributed by atoms with Gasteiger partial charge in [0.25, 0.3) is 0 Å². The first kappa shape index (κ1) is 8.73. The lowest BCUT2D eigenvalue weighted by molar-refractivity contribution is -0.137. The van der Waals surface area contributed by atoms with Gasteiger partial charge in [0.05, 0.1) is 12.5 Å². The topological polar surface area (TPSA) is 79.1 Å². The second-order valence-electron chi connectivity index (χ2n) is 2.48. The Kier molecular flexibility index (Phi) is 2.44. The number of carboxylic acids is 1. The molecule has 0 radical (unpaired) electrons. The molecule has 4 N–H and O–H groups in total. The Labute approximate surface area is 68.2 Å². The van der Waals surface area contributed by atoms with Gasteiger partial charge in [-0.3, -0.25) is 4.79 Å². The SMILES string of the molecule is N[C@H](CC(=O)O)c1cc(F)c[nH]1. The third kappa shape index (κ3) is 2.06. The van der Waals surface area contributed by atoms with Crippen LogP contribution in [-0.4, -0.2) is 16.1 Å². The van der Waals surface area contributed by atoms with Crippen molar-refractivity contribution in [3.05, 3.63) is 23.8 Å². The summed E-state index contributed by atoms with van der Waals surface area (Å²) >= 11 is 0. The molecular weight excluding hydrogens is 163 g/mol. The Morgan fingerprint density at radius 1 is 1.83 bits per heavy atom. The molecule has 12 heavy (non-hydrogen) atoms. The summed E-state index contributed by atoms with van der Waals surface area (Å²) in [5.74, 6) is -1.44. The standard InChI is InChI=1S/C7H9FN2O2/c8-4-1-6(10-3-4)5(9)2-7(11)12/h1,3,5,10H,2,9H2,(H,11,12)/t5-/m1/s1. The molecule has 1 aromatic heterocycles. The summed E-state index contributed by atoms with van der Waals surface area (Å²) in [6.07, 6.45) is 0.928.